The van der Waals surface area contributed by atoms with E-state index in [1.165, 1.54) is 0 Å². The van der Waals surface area contributed by atoms with Crippen molar-refractivity contribution in [2.45, 2.75) is 57.7 Å². The summed E-state index contributed by atoms with van der Waals surface area (Å²) in [6.45, 7) is 5.53. The van der Waals surface area contributed by atoms with Gasteiger partial charge < -0.3 is 9.53 Å². The lowest BCUT2D eigenvalue weighted by Crippen LogP contribution is -2.47. The van der Waals surface area contributed by atoms with Crippen LogP contribution in [0.1, 0.15) is 40.0 Å². The van der Waals surface area contributed by atoms with Gasteiger partial charge in [-0.3, -0.25) is 4.90 Å². The number of carbonyl (C=O) groups is 2. The summed E-state index contributed by atoms with van der Waals surface area (Å²) in [5.41, 5.74) is -0.494. The molecule has 2 aliphatic rings. The lowest BCUT2D eigenvalue weighted by molar-refractivity contribution is -0.113. The first-order chi connectivity index (χ1) is 7.42. The SMILES string of the molecule is CC(C)(C)OC(=O)N1[C@@H]2CC[C@@H](C2)[C@H]1C=O. The molecule has 90 valence electrons. The fourth-order valence-corrected chi connectivity index (χ4v) is 2.79. The highest BCUT2D eigenvalue weighted by Crippen LogP contribution is 2.42. The van der Waals surface area contributed by atoms with Crippen molar-refractivity contribution in [3.8, 4) is 0 Å². The van der Waals surface area contributed by atoms with E-state index in [9.17, 15) is 9.59 Å². The number of rotatable bonds is 1. The van der Waals surface area contributed by atoms with Gasteiger partial charge in [0.1, 0.15) is 11.9 Å². The number of nitrogens with zero attached hydrogens (tertiary/aromatic N) is 1. The van der Waals surface area contributed by atoms with Crippen molar-refractivity contribution in [3.63, 3.8) is 0 Å². The van der Waals surface area contributed by atoms with Crippen LogP contribution in [0.4, 0.5) is 4.79 Å². The van der Waals surface area contributed by atoms with Crippen LogP contribution >= 0.6 is 0 Å². The van der Waals surface area contributed by atoms with Gasteiger partial charge >= 0.3 is 6.09 Å². The van der Waals surface area contributed by atoms with E-state index >= 15 is 0 Å². The zero-order valence-corrected chi connectivity index (χ0v) is 10.1. The molecule has 1 saturated heterocycles. The molecule has 1 saturated carbocycles. The van der Waals surface area contributed by atoms with Crippen molar-refractivity contribution in [1.82, 2.24) is 4.90 Å². The number of carbonyl (C=O) groups excluding carboxylic acids is 2. The fraction of sp³-hybridized carbons (Fsp3) is 0.833. The molecule has 0 unspecified atom stereocenters. The van der Waals surface area contributed by atoms with E-state index in [1.807, 2.05) is 20.8 Å². The Kier molecular flexibility index (Phi) is 2.68. The minimum atomic E-state index is -0.494. The Hall–Kier alpha value is -1.06. The number of piperidine rings is 1. The standard InChI is InChI=1S/C12H19NO3/c1-12(2,3)16-11(15)13-9-5-4-8(6-9)10(13)7-14/h7-10H,4-6H2,1-3H3/t8-,9+,10+/m0/s1. The largest absolute Gasteiger partial charge is 0.444 e. The van der Waals surface area contributed by atoms with Crippen LogP contribution in [0, 0.1) is 5.92 Å². The normalized spacial score (nSPS) is 32.9. The number of fused-ring (bicyclic) bond motifs is 2. The highest BCUT2D eigenvalue weighted by atomic mass is 16.6. The molecule has 0 spiro atoms. The number of likely N-dealkylation sites (tertiary alicyclic amines) is 1. The van der Waals surface area contributed by atoms with Crippen LogP contribution in [-0.2, 0) is 9.53 Å². The van der Waals surface area contributed by atoms with E-state index in [4.69, 9.17) is 4.74 Å². The lowest BCUT2D eigenvalue weighted by Gasteiger charge is -2.33. The monoisotopic (exact) mass is 225 g/mol. The van der Waals surface area contributed by atoms with Crippen LogP contribution in [0.2, 0.25) is 0 Å². The quantitative estimate of drug-likeness (QED) is 0.641. The molecule has 1 aliphatic carbocycles. The fourth-order valence-electron chi connectivity index (χ4n) is 2.79. The van der Waals surface area contributed by atoms with Crippen LogP contribution < -0.4 is 0 Å². The summed E-state index contributed by atoms with van der Waals surface area (Å²) in [5, 5.41) is 0. The van der Waals surface area contributed by atoms with Crippen molar-refractivity contribution in [1.29, 1.82) is 0 Å². The zero-order chi connectivity index (χ0) is 11.9. The Morgan fingerprint density at radius 3 is 2.62 bits per heavy atom. The molecule has 2 fully saturated rings. The molecule has 1 heterocycles. The van der Waals surface area contributed by atoms with Crippen LogP contribution in [0.5, 0.6) is 0 Å². The molecular formula is C12H19NO3. The van der Waals surface area contributed by atoms with E-state index in [0.29, 0.717) is 5.92 Å². The van der Waals surface area contributed by atoms with Crippen molar-refractivity contribution in [2.24, 2.45) is 5.92 Å². The van der Waals surface area contributed by atoms with Crippen LogP contribution in [0.25, 0.3) is 0 Å². The Labute approximate surface area is 95.9 Å². The maximum atomic E-state index is 12.0. The Balaban J connectivity index is 2.08. The van der Waals surface area contributed by atoms with Crippen LogP contribution in [-0.4, -0.2) is 35.0 Å². The second-order valence-electron chi connectivity index (χ2n) is 5.74. The van der Waals surface area contributed by atoms with Crippen molar-refractivity contribution < 1.29 is 14.3 Å². The van der Waals surface area contributed by atoms with Gasteiger partial charge in [0.25, 0.3) is 0 Å². The summed E-state index contributed by atoms with van der Waals surface area (Å²) in [7, 11) is 0. The minimum absolute atomic E-state index is 0.218. The lowest BCUT2D eigenvalue weighted by atomic mass is 10.0. The molecule has 0 aromatic heterocycles. The number of ether oxygens (including phenoxy) is 1. The van der Waals surface area contributed by atoms with E-state index < -0.39 is 5.60 Å². The number of aldehydes is 1. The van der Waals surface area contributed by atoms with E-state index in [0.717, 1.165) is 25.5 Å². The second kappa shape index (κ2) is 3.75. The van der Waals surface area contributed by atoms with Gasteiger partial charge in [-0.1, -0.05) is 0 Å². The summed E-state index contributed by atoms with van der Waals surface area (Å²) in [6, 6.07) is -0.0383. The molecule has 3 atom stereocenters. The molecule has 0 aromatic carbocycles. The molecule has 1 amide bonds. The van der Waals surface area contributed by atoms with Crippen LogP contribution in [0.3, 0.4) is 0 Å². The first-order valence-electron chi connectivity index (χ1n) is 5.89. The van der Waals surface area contributed by atoms with E-state index in [2.05, 4.69) is 0 Å². The third kappa shape index (κ3) is 1.93. The van der Waals surface area contributed by atoms with E-state index in [1.54, 1.807) is 4.90 Å². The molecule has 0 radical (unpaired) electrons. The van der Waals surface area contributed by atoms with Gasteiger partial charge in [-0.2, -0.15) is 0 Å². The highest BCUT2D eigenvalue weighted by molar-refractivity contribution is 5.75. The Morgan fingerprint density at radius 1 is 1.38 bits per heavy atom. The van der Waals surface area contributed by atoms with Crippen molar-refractivity contribution in [2.75, 3.05) is 0 Å². The average molecular weight is 225 g/mol. The Bertz CT molecular complexity index is 308. The van der Waals surface area contributed by atoms with Gasteiger partial charge in [0.15, 0.2) is 0 Å². The Morgan fingerprint density at radius 2 is 2.06 bits per heavy atom. The minimum Gasteiger partial charge on any atom is -0.444 e. The topological polar surface area (TPSA) is 46.6 Å². The molecule has 2 bridgehead atoms. The van der Waals surface area contributed by atoms with Gasteiger partial charge in [-0.05, 0) is 46.0 Å². The van der Waals surface area contributed by atoms with E-state index in [-0.39, 0.29) is 18.2 Å². The predicted octanol–water partition coefficient (Wildman–Crippen LogP) is 1.97. The third-order valence-electron chi connectivity index (χ3n) is 3.39. The average Bonchev–Trinajstić information content (AvgIpc) is 2.72. The molecule has 4 nitrogen and oxygen atoms in total. The predicted molar refractivity (Wildman–Crippen MR) is 59.1 cm³/mol. The molecule has 1 aliphatic heterocycles. The van der Waals surface area contributed by atoms with Gasteiger partial charge in [0, 0.05) is 6.04 Å². The zero-order valence-electron chi connectivity index (χ0n) is 10.1. The number of hydrogen-bond acceptors (Lipinski definition) is 3. The van der Waals surface area contributed by atoms with Gasteiger partial charge in [0.05, 0.1) is 6.04 Å². The first-order valence-corrected chi connectivity index (χ1v) is 5.89. The molecule has 2 rings (SSSR count). The summed E-state index contributed by atoms with van der Waals surface area (Å²) < 4.78 is 5.33. The third-order valence-corrected chi connectivity index (χ3v) is 3.39. The molecule has 4 heteroatoms. The van der Waals surface area contributed by atoms with Crippen molar-refractivity contribution in [3.05, 3.63) is 0 Å². The summed E-state index contributed by atoms with van der Waals surface area (Å²) in [5.74, 6) is 0.356. The maximum absolute atomic E-state index is 12.0. The number of amides is 1. The van der Waals surface area contributed by atoms with Gasteiger partial charge in [0.2, 0.25) is 0 Å². The molecular weight excluding hydrogens is 206 g/mol. The molecule has 0 aromatic rings. The maximum Gasteiger partial charge on any atom is 0.411 e. The summed E-state index contributed by atoms with van der Waals surface area (Å²) >= 11 is 0. The van der Waals surface area contributed by atoms with Gasteiger partial charge in [-0.25, -0.2) is 4.79 Å². The van der Waals surface area contributed by atoms with Crippen molar-refractivity contribution >= 4 is 12.4 Å². The summed E-state index contributed by atoms with van der Waals surface area (Å²) in [4.78, 5) is 24.6. The van der Waals surface area contributed by atoms with Gasteiger partial charge in [-0.15, -0.1) is 0 Å². The second-order valence-corrected chi connectivity index (χ2v) is 5.74. The first kappa shape index (κ1) is 11.4. The number of hydrogen-bond donors (Lipinski definition) is 0. The molecule has 16 heavy (non-hydrogen) atoms. The smallest absolute Gasteiger partial charge is 0.411 e. The highest BCUT2D eigenvalue weighted by Gasteiger charge is 2.49. The molecule has 0 N–H and O–H groups in total. The summed E-state index contributed by atoms with van der Waals surface area (Å²) in [6.07, 6.45) is 3.59. The van der Waals surface area contributed by atoms with Crippen LogP contribution in [0.15, 0.2) is 0 Å².